The lowest BCUT2D eigenvalue weighted by atomic mass is 10.4. The fraction of sp³-hybridized carbons (Fsp3) is 0.375. The van der Waals surface area contributed by atoms with E-state index in [4.69, 9.17) is 15.6 Å². The second-order valence-corrected chi connectivity index (χ2v) is 4.94. The number of aromatic nitrogens is 1. The topological polar surface area (TPSA) is 108 Å². The van der Waals surface area contributed by atoms with Crippen LogP contribution in [0.15, 0.2) is 17.3 Å². The Morgan fingerprint density at radius 3 is 2.60 bits per heavy atom. The van der Waals surface area contributed by atoms with Crippen LogP contribution in [0.25, 0.3) is 0 Å². The summed E-state index contributed by atoms with van der Waals surface area (Å²) < 4.78 is 27.6. The minimum absolute atomic E-state index is 0.0272. The van der Waals surface area contributed by atoms with Crippen molar-refractivity contribution >= 4 is 15.7 Å². The summed E-state index contributed by atoms with van der Waals surface area (Å²) in [5.74, 6) is 0.282. The number of nitrogen functional groups attached to an aromatic ring is 1. The van der Waals surface area contributed by atoms with E-state index in [9.17, 15) is 8.42 Å². The van der Waals surface area contributed by atoms with Crippen LogP contribution in [-0.4, -0.2) is 19.5 Å². The number of primary sulfonamides is 1. The van der Waals surface area contributed by atoms with Gasteiger partial charge in [0.1, 0.15) is 4.90 Å². The maximum Gasteiger partial charge on any atom is 0.241 e. The average Bonchev–Trinajstić information content (AvgIpc) is 2.90. The number of pyridine rings is 1. The maximum atomic E-state index is 11.1. The molecule has 0 bridgehead atoms. The van der Waals surface area contributed by atoms with Gasteiger partial charge in [-0.1, -0.05) is 0 Å². The number of anilines is 1. The molecule has 0 radical (unpaired) electrons. The van der Waals surface area contributed by atoms with Crippen molar-refractivity contribution in [3.05, 3.63) is 12.4 Å². The molecule has 0 saturated heterocycles. The van der Waals surface area contributed by atoms with Gasteiger partial charge in [-0.3, -0.25) is 4.98 Å². The zero-order valence-corrected chi connectivity index (χ0v) is 8.70. The Balaban J connectivity index is 2.40. The van der Waals surface area contributed by atoms with E-state index in [-0.39, 0.29) is 22.4 Å². The number of hydrogen-bond donors (Lipinski definition) is 2. The summed E-state index contributed by atoms with van der Waals surface area (Å²) in [7, 11) is -3.84. The first kappa shape index (κ1) is 10.2. The van der Waals surface area contributed by atoms with Crippen LogP contribution in [0.5, 0.6) is 5.75 Å². The Bertz CT molecular complexity index is 482. The fourth-order valence-corrected chi connectivity index (χ4v) is 1.73. The molecule has 7 heteroatoms. The van der Waals surface area contributed by atoms with Gasteiger partial charge in [-0.05, 0) is 12.8 Å². The van der Waals surface area contributed by atoms with E-state index >= 15 is 0 Å². The van der Waals surface area contributed by atoms with E-state index in [1.807, 2.05) is 0 Å². The lowest BCUT2D eigenvalue weighted by Crippen LogP contribution is -2.15. The van der Waals surface area contributed by atoms with Gasteiger partial charge in [0.15, 0.2) is 5.75 Å². The van der Waals surface area contributed by atoms with Crippen LogP contribution >= 0.6 is 0 Å². The zero-order valence-electron chi connectivity index (χ0n) is 7.88. The Morgan fingerprint density at radius 1 is 1.40 bits per heavy atom. The van der Waals surface area contributed by atoms with Gasteiger partial charge in [-0.25, -0.2) is 13.6 Å². The van der Waals surface area contributed by atoms with E-state index in [0.717, 1.165) is 19.0 Å². The third kappa shape index (κ3) is 2.18. The van der Waals surface area contributed by atoms with Gasteiger partial charge in [0, 0.05) is 6.20 Å². The fourth-order valence-electron chi connectivity index (χ4n) is 1.12. The summed E-state index contributed by atoms with van der Waals surface area (Å²) in [4.78, 5) is 3.53. The number of hydrogen-bond acceptors (Lipinski definition) is 5. The van der Waals surface area contributed by atoms with Gasteiger partial charge in [-0.15, -0.1) is 0 Å². The molecule has 1 aromatic rings. The number of ether oxygens (including phenoxy) is 1. The molecule has 1 heterocycles. The molecule has 1 aliphatic carbocycles. The SMILES string of the molecule is Nc1c(OC2CC2)cncc1S(N)(=O)=O. The molecule has 0 unspecified atom stereocenters. The summed E-state index contributed by atoms with van der Waals surface area (Å²) in [6, 6.07) is 0. The first-order valence-electron chi connectivity index (χ1n) is 4.41. The molecular weight excluding hydrogens is 218 g/mol. The lowest BCUT2D eigenvalue weighted by molar-refractivity contribution is 0.303. The van der Waals surface area contributed by atoms with E-state index in [1.54, 1.807) is 0 Å². The summed E-state index contributed by atoms with van der Waals surface area (Å²) in [5.41, 5.74) is 5.65. The first-order chi connectivity index (χ1) is 6.98. The Labute approximate surface area is 87.3 Å². The Morgan fingerprint density at radius 2 is 2.07 bits per heavy atom. The van der Waals surface area contributed by atoms with Crippen molar-refractivity contribution in [2.45, 2.75) is 23.8 Å². The van der Waals surface area contributed by atoms with E-state index < -0.39 is 10.0 Å². The van der Waals surface area contributed by atoms with Crippen LogP contribution in [0.3, 0.4) is 0 Å². The van der Waals surface area contributed by atoms with Gasteiger partial charge in [0.05, 0.1) is 18.0 Å². The third-order valence-corrected chi connectivity index (χ3v) is 2.98. The molecule has 0 aromatic carbocycles. The molecule has 6 nitrogen and oxygen atoms in total. The number of nitrogens with two attached hydrogens (primary N) is 2. The second kappa shape index (κ2) is 3.35. The van der Waals surface area contributed by atoms with Gasteiger partial charge in [0.25, 0.3) is 0 Å². The quantitative estimate of drug-likeness (QED) is 0.749. The van der Waals surface area contributed by atoms with Crippen molar-refractivity contribution in [3.8, 4) is 5.75 Å². The minimum atomic E-state index is -3.84. The monoisotopic (exact) mass is 229 g/mol. The molecule has 82 valence electrons. The van der Waals surface area contributed by atoms with Crippen molar-refractivity contribution in [2.75, 3.05) is 5.73 Å². The minimum Gasteiger partial charge on any atom is -0.487 e. The van der Waals surface area contributed by atoms with Crippen molar-refractivity contribution in [3.63, 3.8) is 0 Å². The molecule has 0 spiro atoms. The average molecular weight is 229 g/mol. The van der Waals surface area contributed by atoms with Crippen molar-refractivity contribution < 1.29 is 13.2 Å². The van der Waals surface area contributed by atoms with Crippen LogP contribution in [0.2, 0.25) is 0 Å². The molecule has 1 aromatic heterocycles. The summed E-state index contributed by atoms with van der Waals surface area (Å²) in [6.45, 7) is 0. The number of rotatable bonds is 3. The molecule has 0 aliphatic heterocycles. The predicted octanol–water partition coefficient (Wildman–Crippen LogP) is -0.148. The largest absolute Gasteiger partial charge is 0.487 e. The van der Waals surface area contributed by atoms with Gasteiger partial charge >= 0.3 is 0 Å². The highest BCUT2D eigenvalue weighted by Gasteiger charge is 2.26. The van der Waals surface area contributed by atoms with E-state index in [2.05, 4.69) is 4.98 Å². The Kier molecular flexibility index (Phi) is 2.28. The van der Waals surface area contributed by atoms with Crippen LogP contribution in [-0.2, 0) is 10.0 Å². The molecule has 1 fully saturated rings. The van der Waals surface area contributed by atoms with Crippen molar-refractivity contribution in [2.24, 2.45) is 5.14 Å². The molecule has 1 aliphatic rings. The highest BCUT2D eigenvalue weighted by atomic mass is 32.2. The molecule has 0 amide bonds. The lowest BCUT2D eigenvalue weighted by Gasteiger charge is -2.09. The van der Waals surface area contributed by atoms with E-state index in [1.165, 1.54) is 6.20 Å². The van der Waals surface area contributed by atoms with Crippen LogP contribution in [0, 0.1) is 0 Å². The summed E-state index contributed by atoms with van der Waals surface area (Å²) in [5, 5.41) is 4.97. The van der Waals surface area contributed by atoms with Crippen LogP contribution in [0.1, 0.15) is 12.8 Å². The normalized spacial score (nSPS) is 16.3. The van der Waals surface area contributed by atoms with Crippen LogP contribution in [0.4, 0.5) is 5.69 Å². The highest BCUT2D eigenvalue weighted by molar-refractivity contribution is 7.89. The molecule has 4 N–H and O–H groups in total. The molecule has 15 heavy (non-hydrogen) atoms. The summed E-state index contributed by atoms with van der Waals surface area (Å²) in [6.07, 6.45) is 4.55. The molecule has 0 atom stereocenters. The van der Waals surface area contributed by atoms with Crippen LogP contribution < -0.4 is 15.6 Å². The zero-order chi connectivity index (χ0) is 11.1. The van der Waals surface area contributed by atoms with Crippen molar-refractivity contribution in [1.82, 2.24) is 4.98 Å². The van der Waals surface area contributed by atoms with Gasteiger partial charge in [0.2, 0.25) is 10.0 Å². The highest BCUT2D eigenvalue weighted by Crippen LogP contribution is 2.32. The van der Waals surface area contributed by atoms with Gasteiger partial charge < -0.3 is 10.5 Å². The van der Waals surface area contributed by atoms with Gasteiger partial charge in [-0.2, -0.15) is 0 Å². The molecule has 1 saturated carbocycles. The smallest absolute Gasteiger partial charge is 0.241 e. The predicted molar refractivity (Wildman–Crippen MR) is 53.7 cm³/mol. The molecular formula is C8H11N3O3S. The number of sulfonamides is 1. The second-order valence-electron chi connectivity index (χ2n) is 3.41. The summed E-state index contributed by atoms with van der Waals surface area (Å²) >= 11 is 0. The standard InChI is InChI=1S/C8H11N3O3S/c9-8-6(14-5-1-2-5)3-11-4-7(8)15(10,12)13/h3-5H,1-2H2,(H2,9,11)(H2,10,12,13). The first-order valence-corrected chi connectivity index (χ1v) is 5.96. The number of nitrogens with zero attached hydrogens (tertiary/aromatic N) is 1. The maximum absolute atomic E-state index is 11.1. The van der Waals surface area contributed by atoms with E-state index in [0.29, 0.717) is 0 Å². The molecule has 2 rings (SSSR count). The third-order valence-electron chi connectivity index (χ3n) is 2.04. The van der Waals surface area contributed by atoms with Crippen molar-refractivity contribution in [1.29, 1.82) is 0 Å². The Hall–Kier alpha value is -1.34.